The summed E-state index contributed by atoms with van der Waals surface area (Å²) in [5, 5.41) is 16.1. The number of carbonyl (C=O) groups is 10. The Bertz CT molecular complexity index is 6420. The predicted molar refractivity (Wildman–Crippen MR) is 542 cm³/mol. The van der Waals surface area contributed by atoms with Gasteiger partial charge in [0.05, 0.1) is 0 Å². The number of piperazine rings is 3. The summed E-state index contributed by atoms with van der Waals surface area (Å²) < 4.78 is 4.70. The van der Waals surface area contributed by atoms with Crippen molar-refractivity contribution in [2.45, 2.75) is 45.4 Å². The third kappa shape index (κ3) is 21.5. The summed E-state index contributed by atoms with van der Waals surface area (Å²) in [6.45, 7) is 15.9. The van der Waals surface area contributed by atoms with E-state index in [4.69, 9.17) is 0 Å². The third-order valence-electron chi connectivity index (χ3n) is 25.1. The van der Waals surface area contributed by atoms with Crippen molar-refractivity contribution in [3.8, 4) is 0 Å². The maximum atomic E-state index is 13.4. The van der Waals surface area contributed by atoms with Crippen LogP contribution >= 0.6 is 79.6 Å². The monoisotopic (exact) mass is 2110 g/mol. The first-order chi connectivity index (χ1) is 65.0. The van der Waals surface area contributed by atoms with Crippen molar-refractivity contribution in [1.29, 1.82) is 0 Å². The van der Waals surface area contributed by atoms with Crippen LogP contribution in [0.2, 0.25) is 0 Å². The van der Waals surface area contributed by atoms with E-state index in [0.717, 1.165) is 201 Å². The molecule has 10 aromatic carbocycles. The number of carbonyl (C=O) groups excluding carboxylic acids is 10. The molecule has 0 bridgehead atoms. The van der Waals surface area contributed by atoms with E-state index in [1.165, 1.54) is 0 Å². The van der Waals surface area contributed by atoms with Gasteiger partial charge in [-0.25, -0.2) is 0 Å². The number of nitrogens with one attached hydrogen (secondary N) is 5. The highest BCUT2D eigenvalue weighted by Crippen LogP contribution is 2.39. The number of anilines is 5. The Morgan fingerprint density at radius 2 is 0.425 bits per heavy atom. The molecule has 0 atom stereocenters. The molecule has 28 heteroatoms. The average Bonchev–Trinajstić information content (AvgIpc) is 0.777. The van der Waals surface area contributed by atoms with Crippen LogP contribution in [0.25, 0.3) is 0 Å². The van der Waals surface area contributed by atoms with Crippen LogP contribution in [0, 0.1) is 0 Å². The van der Waals surface area contributed by atoms with E-state index in [0.29, 0.717) is 113 Å². The van der Waals surface area contributed by atoms with E-state index >= 15 is 0 Å². The lowest BCUT2D eigenvalue weighted by molar-refractivity contribution is 0.0909. The second-order valence-electron chi connectivity index (χ2n) is 33.9. The Balaban J connectivity index is 0.000000122. The predicted octanol–water partition coefficient (Wildman–Crippen LogP) is 19.9. The van der Waals surface area contributed by atoms with E-state index in [9.17, 15) is 47.9 Å². The number of allylic oxidation sites excluding steroid dienone is 10. The van der Waals surface area contributed by atoms with Gasteiger partial charge in [-0.15, -0.1) is 0 Å². The Morgan fingerprint density at radius 3 is 0.649 bits per heavy atom. The summed E-state index contributed by atoms with van der Waals surface area (Å²) in [4.78, 5) is 150. The van der Waals surface area contributed by atoms with Crippen LogP contribution in [0.15, 0.2) is 322 Å². The van der Waals surface area contributed by atoms with Gasteiger partial charge in [0.1, 0.15) is 57.0 Å². The van der Waals surface area contributed by atoms with Crippen molar-refractivity contribution in [3.05, 3.63) is 378 Å². The number of piperidine rings is 2. The highest BCUT2D eigenvalue weighted by atomic mass is 79.9. The van der Waals surface area contributed by atoms with Crippen LogP contribution in [0.1, 0.15) is 149 Å². The molecule has 5 heterocycles. The fourth-order valence-corrected chi connectivity index (χ4v) is 19.5. The number of hydrogen-bond acceptors (Lipinski definition) is 23. The second kappa shape index (κ2) is 43.5. The van der Waals surface area contributed by atoms with Gasteiger partial charge < -0.3 is 65.8 Å². The van der Waals surface area contributed by atoms with Gasteiger partial charge >= 0.3 is 0 Å². The normalized spacial score (nSPS) is 17.7. The summed E-state index contributed by atoms with van der Waals surface area (Å²) in [6.07, 6.45) is 6.48. The first-order valence-electron chi connectivity index (χ1n) is 45.1. The van der Waals surface area contributed by atoms with Crippen LogP contribution in [0.3, 0.4) is 0 Å². The highest BCUT2D eigenvalue weighted by molar-refractivity contribution is 9.11. The molecule has 0 spiro atoms. The standard InChI is InChI=1S/C22H22BrN3O2.2C21H20BrN3O2.2C21H19BrN2O2/c1-2-25-11-13-26(14-12-25)20-19(24-16-9-7-15(23)8-10-16)21(27)17-5-3-4-6-18(17)22(20)28;1-24-9-11-25(12-10-24)19-18(23-15-6-4-5-14(22)13-15)20(26)16-7-2-3-8-17(16)21(19)27;1-24-10-12-25(13-11-24)19-18(23-15-8-6-14(22)7-9-15)20(26)16-4-2-3-5-17(16)21(19)27;22-14-7-6-8-15(13-14)23-18-19(24-11-4-1-5-12-24)21(26)17-10-3-2-9-16(17)20(18)25;22-14-8-10-15(11-9-14)23-18-19(24-12-4-1-5-13-24)21(26)17-7-3-2-6-16(17)20(18)25/h3-10,24H,2,11-14H2,1H3;2-8,13,23H,9-12H2,1H3;2-9,23H,10-13H2,1H3;2-3,6-10,13,23H,1,4-5,11-12H2;2-3,6-11,23H,1,4-5,12-13H2. The van der Waals surface area contributed by atoms with E-state index in [1.807, 2.05) is 149 Å². The largest absolute Gasteiger partial charge is 0.367 e. The summed E-state index contributed by atoms with van der Waals surface area (Å²) in [7, 11) is 4.13. The zero-order chi connectivity index (χ0) is 93.8. The van der Waals surface area contributed by atoms with Crippen LogP contribution in [-0.2, 0) is 0 Å². The smallest absolute Gasteiger partial charge is 0.212 e. The van der Waals surface area contributed by atoms with E-state index in [2.05, 4.69) is 157 Å². The summed E-state index contributed by atoms with van der Waals surface area (Å²) >= 11 is 17.2. The minimum atomic E-state index is -0.140. The van der Waals surface area contributed by atoms with Crippen LogP contribution in [0.4, 0.5) is 28.4 Å². The van der Waals surface area contributed by atoms with Crippen molar-refractivity contribution in [3.63, 3.8) is 0 Å². The van der Waals surface area contributed by atoms with Crippen molar-refractivity contribution in [2.75, 3.05) is 152 Å². The third-order valence-corrected chi connectivity index (χ3v) is 27.7. The number of ketones is 10. The molecule has 0 unspecified atom stereocenters. The highest BCUT2D eigenvalue weighted by Gasteiger charge is 2.43. The lowest BCUT2D eigenvalue weighted by Gasteiger charge is -2.38. The number of nitrogens with zero attached hydrogens (tertiary/aromatic N) is 8. The molecule has 0 radical (unpaired) electrons. The van der Waals surface area contributed by atoms with Crippen molar-refractivity contribution in [1.82, 2.24) is 39.2 Å². The van der Waals surface area contributed by atoms with Crippen LogP contribution in [-0.4, -0.2) is 222 Å². The van der Waals surface area contributed by atoms with Crippen LogP contribution in [0.5, 0.6) is 0 Å². The van der Waals surface area contributed by atoms with Crippen LogP contribution < -0.4 is 26.6 Å². The maximum absolute atomic E-state index is 13.4. The van der Waals surface area contributed by atoms with Gasteiger partial charge in [0, 0.05) is 211 Å². The summed E-state index contributed by atoms with van der Waals surface area (Å²) in [5.74, 6) is -1.06. The zero-order valence-electron chi connectivity index (χ0n) is 74.4. The van der Waals surface area contributed by atoms with Gasteiger partial charge in [-0.1, -0.05) is 220 Å². The minimum Gasteiger partial charge on any atom is -0.367 e. The Hall–Kier alpha value is -12.1. The molecule has 23 nitrogen and oxygen atoms in total. The number of hydrogen-bond donors (Lipinski definition) is 5. The number of benzene rings is 10. The lowest BCUT2D eigenvalue weighted by Crippen LogP contribution is -2.48. The maximum Gasteiger partial charge on any atom is 0.212 e. The Kier molecular flexibility index (Phi) is 30.8. The molecular weight excluding hydrogens is 2010 g/mol. The molecule has 5 aliphatic heterocycles. The first kappa shape index (κ1) is 95.1. The molecule has 10 aliphatic rings. The first-order valence-corrected chi connectivity index (χ1v) is 49.0. The van der Waals surface area contributed by atoms with Crippen molar-refractivity contribution in [2.24, 2.45) is 0 Å². The fraction of sp³-hybridized carbons (Fsp3) is 0.245. The van der Waals surface area contributed by atoms with Gasteiger partial charge in [-0.2, -0.15) is 0 Å². The molecule has 10 aromatic rings. The number of likely N-dealkylation sites (tertiary alicyclic amines) is 2. The quantitative estimate of drug-likeness (QED) is 0.0602. The minimum absolute atomic E-state index is 0.0679. The molecule has 5 fully saturated rings. The summed E-state index contributed by atoms with van der Waals surface area (Å²) in [5.41, 5.74) is 13.0. The van der Waals surface area contributed by atoms with E-state index < -0.39 is 0 Å². The lowest BCUT2D eigenvalue weighted by atomic mass is 9.89. The molecule has 0 aromatic heterocycles. The number of fused-ring (bicyclic) bond motifs is 5. The molecule has 5 aliphatic carbocycles. The Morgan fingerprint density at radius 1 is 0.216 bits per heavy atom. The molecule has 0 amide bonds. The van der Waals surface area contributed by atoms with E-state index in [1.54, 1.807) is 103 Å². The van der Waals surface area contributed by atoms with Gasteiger partial charge in [0.2, 0.25) is 57.8 Å². The Labute approximate surface area is 821 Å². The topological polar surface area (TPSA) is 257 Å². The van der Waals surface area contributed by atoms with Gasteiger partial charge in [-0.3, -0.25) is 47.9 Å². The number of Topliss-reactive ketones (excluding diaryl/α,β-unsaturated/α-hetero) is 10. The van der Waals surface area contributed by atoms with Gasteiger partial charge in [0.15, 0.2) is 0 Å². The molecule has 20 rings (SSSR count). The van der Waals surface area contributed by atoms with Crippen molar-refractivity contribution >= 4 is 166 Å². The van der Waals surface area contributed by atoms with Crippen molar-refractivity contribution < 1.29 is 47.9 Å². The molecular formula is C106H100Br5N13O10. The average molecular weight is 2120 g/mol. The zero-order valence-corrected chi connectivity index (χ0v) is 82.3. The second-order valence-corrected chi connectivity index (χ2v) is 38.5. The fourth-order valence-electron chi connectivity index (χ4n) is 17.9. The molecule has 5 saturated heterocycles. The number of likely N-dealkylation sites (N-methyl/N-ethyl adjacent to an activating group) is 3. The molecule has 0 saturated carbocycles. The SMILES string of the molecule is CCN1CCN(C2=C(Nc3ccc(Br)cc3)C(=O)c3ccccc3C2=O)CC1.CN1CCN(C2=C(Nc3ccc(Br)cc3)C(=O)c3ccccc3C2=O)CC1.CN1CCN(C2=C(Nc3cccc(Br)c3)C(=O)c3ccccc3C2=O)CC1.O=C1C(Nc2ccc(Br)cc2)=C(N2CCCCC2)C(=O)c2ccccc21.O=C1C(Nc2cccc(Br)c2)=C(N2CCCCC2)C(=O)c2ccccc21. The number of rotatable bonds is 16. The van der Waals surface area contributed by atoms with Gasteiger partial charge in [0.25, 0.3) is 0 Å². The molecule has 5 N–H and O–H groups in total. The molecule has 134 heavy (non-hydrogen) atoms. The molecule has 684 valence electrons. The van der Waals surface area contributed by atoms with Gasteiger partial charge in [-0.05, 0) is 168 Å². The summed E-state index contributed by atoms with van der Waals surface area (Å²) in [6, 6.07) is 73.4. The number of halogens is 5. The van der Waals surface area contributed by atoms with E-state index in [-0.39, 0.29) is 57.8 Å².